The van der Waals surface area contributed by atoms with Gasteiger partial charge in [0.15, 0.2) is 0 Å². The average molecular weight is 542 g/mol. The van der Waals surface area contributed by atoms with E-state index in [0.717, 1.165) is 16.7 Å². The molecule has 3 rings (SSSR count). The first-order valence-electron chi connectivity index (χ1n) is 13.5. The number of ether oxygens (including phenoxy) is 1. The highest BCUT2D eigenvalue weighted by Crippen LogP contribution is 2.36. The van der Waals surface area contributed by atoms with Gasteiger partial charge in [-0.05, 0) is 50.3 Å². The summed E-state index contributed by atoms with van der Waals surface area (Å²) in [5.74, 6) is -0.660. The molecule has 3 aromatic carbocycles. The van der Waals surface area contributed by atoms with Crippen molar-refractivity contribution in [3.05, 3.63) is 120 Å². The molecular formula is C33H39N3O4. The SMILES string of the molecule is C=CCCNC(=O)[C@H](CCC(=O)NC(c1ccccc1)(c1ccccc1)c1ccccc1)NC(=O)OC(C)(C)C. The van der Waals surface area contributed by atoms with Gasteiger partial charge in [-0.2, -0.15) is 0 Å². The van der Waals surface area contributed by atoms with Crippen molar-refractivity contribution in [3.63, 3.8) is 0 Å². The van der Waals surface area contributed by atoms with Crippen LogP contribution in [0, 0.1) is 0 Å². The number of rotatable bonds is 12. The molecule has 0 aromatic heterocycles. The van der Waals surface area contributed by atoms with Crippen molar-refractivity contribution in [1.29, 1.82) is 0 Å². The highest BCUT2D eigenvalue weighted by Gasteiger charge is 2.38. The van der Waals surface area contributed by atoms with E-state index in [4.69, 9.17) is 4.74 Å². The topological polar surface area (TPSA) is 96.5 Å². The Morgan fingerprint density at radius 1 is 0.825 bits per heavy atom. The summed E-state index contributed by atoms with van der Waals surface area (Å²) in [5, 5.41) is 8.71. The molecule has 0 unspecified atom stereocenters. The Labute approximate surface area is 237 Å². The van der Waals surface area contributed by atoms with Gasteiger partial charge in [0.1, 0.15) is 17.2 Å². The minimum absolute atomic E-state index is 0.0103. The number of alkyl carbamates (subject to hydrolysis) is 1. The Bertz CT molecular complexity index is 1160. The Balaban J connectivity index is 1.89. The zero-order valence-electron chi connectivity index (χ0n) is 23.5. The molecule has 0 fully saturated rings. The minimum Gasteiger partial charge on any atom is -0.444 e. The van der Waals surface area contributed by atoms with Crippen molar-refractivity contribution >= 4 is 17.9 Å². The molecule has 210 valence electrons. The van der Waals surface area contributed by atoms with E-state index >= 15 is 0 Å². The molecule has 0 spiro atoms. The third-order valence-corrected chi connectivity index (χ3v) is 6.26. The van der Waals surface area contributed by atoms with Crippen LogP contribution in [0.15, 0.2) is 104 Å². The van der Waals surface area contributed by atoms with Gasteiger partial charge < -0.3 is 20.7 Å². The maximum atomic E-state index is 13.7. The molecule has 3 aromatic rings. The smallest absolute Gasteiger partial charge is 0.408 e. The second kappa shape index (κ2) is 14.1. The van der Waals surface area contributed by atoms with Crippen LogP contribution in [0.25, 0.3) is 0 Å². The molecule has 3 N–H and O–H groups in total. The summed E-state index contributed by atoms with van der Waals surface area (Å²) < 4.78 is 5.36. The maximum Gasteiger partial charge on any atom is 0.408 e. The van der Waals surface area contributed by atoms with Crippen LogP contribution in [0.3, 0.4) is 0 Å². The standard InChI is InChI=1S/C33H39N3O4/c1-5-6-24-34-30(38)28(35-31(39)40-32(2,3)4)22-23-29(37)36-33(25-16-10-7-11-17-25,26-18-12-8-13-19-26)27-20-14-9-15-21-27/h5,7-21,28H,1,6,22-24H2,2-4H3,(H,34,38)(H,35,39)(H,36,37)/t28-/m0/s1. The first kappa shape index (κ1) is 30.2. The third kappa shape index (κ3) is 8.30. The number of amides is 3. The molecule has 0 heterocycles. The first-order chi connectivity index (χ1) is 19.2. The van der Waals surface area contributed by atoms with Gasteiger partial charge in [0.25, 0.3) is 0 Å². The predicted octanol–water partition coefficient (Wildman–Crippen LogP) is 5.46. The van der Waals surface area contributed by atoms with Crippen molar-refractivity contribution in [3.8, 4) is 0 Å². The summed E-state index contributed by atoms with van der Waals surface area (Å²) in [6.45, 7) is 9.28. The average Bonchev–Trinajstić information content (AvgIpc) is 2.94. The summed E-state index contributed by atoms with van der Waals surface area (Å²) in [4.78, 5) is 39.1. The van der Waals surface area contributed by atoms with Gasteiger partial charge in [0.2, 0.25) is 11.8 Å². The summed E-state index contributed by atoms with van der Waals surface area (Å²) in [6.07, 6.45) is 1.63. The molecule has 0 radical (unpaired) electrons. The largest absolute Gasteiger partial charge is 0.444 e. The van der Waals surface area contributed by atoms with E-state index < -0.39 is 23.3 Å². The van der Waals surface area contributed by atoms with Crippen LogP contribution in [-0.2, 0) is 19.9 Å². The lowest BCUT2D eigenvalue weighted by molar-refractivity contribution is -0.124. The summed E-state index contributed by atoms with van der Waals surface area (Å²) in [6, 6.07) is 28.4. The Morgan fingerprint density at radius 3 is 1.73 bits per heavy atom. The minimum atomic E-state index is -0.971. The quantitative estimate of drug-likeness (QED) is 0.161. The van der Waals surface area contributed by atoms with Crippen molar-refractivity contribution in [2.24, 2.45) is 0 Å². The maximum absolute atomic E-state index is 13.7. The lowest BCUT2D eigenvalue weighted by atomic mass is 9.77. The molecule has 0 aliphatic heterocycles. The van der Waals surface area contributed by atoms with Crippen molar-refractivity contribution in [2.45, 2.75) is 57.2 Å². The Hall–Kier alpha value is -4.39. The van der Waals surface area contributed by atoms with Crippen molar-refractivity contribution in [2.75, 3.05) is 6.54 Å². The lowest BCUT2D eigenvalue weighted by Gasteiger charge is -2.37. The van der Waals surface area contributed by atoms with Gasteiger partial charge in [-0.3, -0.25) is 9.59 Å². The van der Waals surface area contributed by atoms with E-state index in [1.165, 1.54) is 0 Å². The number of nitrogens with one attached hydrogen (secondary N) is 3. The molecule has 0 saturated heterocycles. The second-order valence-electron chi connectivity index (χ2n) is 10.5. The van der Waals surface area contributed by atoms with Crippen LogP contribution in [0.1, 0.15) is 56.7 Å². The zero-order chi connectivity index (χ0) is 29.0. The lowest BCUT2D eigenvalue weighted by Crippen LogP contribution is -2.50. The van der Waals surface area contributed by atoms with Crippen molar-refractivity contribution in [1.82, 2.24) is 16.0 Å². The Morgan fingerprint density at radius 2 is 1.30 bits per heavy atom. The summed E-state index contributed by atoms with van der Waals surface area (Å²) >= 11 is 0. The van der Waals surface area contributed by atoms with Gasteiger partial charge in [0, 0.05) is 13.0 Å². The summed E-state index contributed by atoms with van der Waals surface area (Å²) in [7, 11) is 0. The van der Waals surface area contributed by atoms with Gasteiger partial charge >= 0.3 is 6.09 Å². The number of carbonyl (C=O) groups is 3. The van der Waals surface area contributed by atoms with Crippen LogP contribution in [0.5, 0.6) is 0 Å². The van der Waals surface area contributed by atoms with Gasteiger partial charge in [-0.15, -0.1) is 6.58 Å². The first-order valence-corrected chi connectivity index (χ1v) is 13.5. The second-order valence-corrected chi connectivity index (χ2v) is 10.5. The fraction of sp³-hybridized carbons (Fsp3) is 0.303. The summed E-state index contributed by atoms with van der Waals surface area (Å²) in [5.41, 5.74) is 0.983. The van der Waals surface area contributed by atoms with Crippen LogP contribution in [-0.4, -0.2) is 36.1 Å². The molecule has 0 saturated carbocycles. The third-order valence-electron chi connectivity index (χ3n) is 6.26. The van der Waals surface area contributed by atoms with Crippen LogP contribution >= 0.6 is 0 Å². The molecule has 7 heteroatoms. The van der Waals surface area contributed by atoms with E-state index in [2.05, 4.69) is 22.5 Å². The number of hydrogen-bond acceptors (Lipinski definition) is 4. The molecular weight excluding hydrogens is 502 g/mol. The number of benzene rings is 3. The van der Waals surface area contributed by atoms with E-state index in [0.29, 0.717) is 13.0 Å². The Kier molecular flexibility index (Phi) is 10.6. The van der Waals surface area contributed by atoms with E-state index in [1.807, 2.05) is 91.0 Å². The van der Waals surface area contributed by atoms with E-state index in [9.17, 15) is 14.4 Å². The normalized spacial score (nSPS) is 12.1. The van der Waals surface area contributed by atoms with Crippen molar-refractivity contribution < 1.29 is 19.1 Å². The van der Waals surface area contributed by atoms with E-state index in [1.54, 1.807) is 26.8 Å². The molecule has 0 aliphatic carbocycles. The fourth-order valence-electron chi connectivity index (χ4n) is 4.47. The highest BCUT2D eigenvalue weighted by atomic mass is 16.6. The number of carbonyl (C=O) groups excluding carboxylic acids is 3. The van der Waals surface area contributed by atoms with Crippen LogP contribution < -0.4 is 16.0 Å². The highest BCUT2D eigenvalue weighted by molar-refractivity contribution is 5.87. The molecule has 1 atom stereocenters. The monoisotopic (exact) mass is 541 g/mol. The molecule has 0 aliphatic rings. The van der Waals surface area contributed by atoms with Gasteiger partial charge in [-0.25, -0.2) is 4.79 Å². The van der Waals surface area contributed by atoms with Gasteiger partial charge in [-0.1, -0.05) is 97.1 Å². The molecule has 0 bridgehead atoms. The molecule has 3 amide bonds. The van der Waals surface area contributed by atoms with E-state index in [-0.39, 0.29) is 24.7 Å². The predicted molar refractivity (Wildman–Crippen MR) is 158 cm³/mol. The van der Waals surface area contributed by atoms with Crippen LogP contribution in [0.2, 0.25) is 0 Å². The number of hydrogen-bond donors (Lipinski definition) is 3. The molecule has 7 nitrogen and oxygen atoms in total. The molecule has 40 heavy (non-hydrogen) atoms. The fourth-order valence-corrected chi connectivity index (χ4v) is 4.47. The van der Waals surface area contributed by atoms with Crippen LogP contribution in [0.4, 0.5) is 4.79 Å². The zero-order valence-corrected chi connectivity index (χ0v) is 23.5. The van der Waals surface area contributed by atoms with Gasteiger partial charge in [0.05, 0.1) is 0 Å².